The molecule has 0 spiro atoms. The van der Waals surface area contributed by atoms with Crippen LogP contribution in [0.5, 0.6) is 0 Å². The Morgan fingerprint density at radius 3 is 2.89 bits per heavy atom. The summed E-state index contributed by atoms with van der Waals surface area (Å²) >= 11 is 0. The summed E-state index contributed by atoms with van der Waals surface area (Å²) in [6, 6.07) is 0.726. The number of nitrogens with zero attached hydrogens (tertiary/aromatic N) is 4. The highest BCUT2D eigenvalue weighted by Gasteiger charge is 2.43. The first-order chi connectivity index (χ1) is 8.68. The molecule has 1 aromatic heterocycles. The van der Waals surface area contributed by atoms with E-state index in [0.29, 0.717) is 0 Å². The van der Waals surface area contributed by atoms with Crippen molar-refractivity contribution in [2.75, 3.05) is 13.2 Å². The van der Waals surface area contributed by atoms with E-state index in [9.17, 15) is 0 Å². The van der Waals surface area contributed by atoms with Gasteiger partial charge in [-0.2, -0.15) is 4.80 Å². The molecule has 6 nitrogen and oxygen atoms in total. The second-order valence-electron chi connectivity index (χ2n) is 5.65. The minimum absolute atomic E-state index is 0.131. The highest BCUT2D eigenvalue weighted by molar-refractivity contribution is 5.00. The molecular formula is C12H21N5O. The van der Waals surface area contributed by atoms with Crippen LogP contribution in [-0.2, 0) is 18.2 Å². The standard InChI is InChI=1S/C12H21N5O/c1-9-12(5-6-18-9,8-13-10-3-4-10)7-11-14-16-17(2)15-11/h9-10,13H,3-8H2,1-2H3. The lowest BCUT2D eigenvalue weighted by atomic mass is 9.78. The monoisotopic (exact) mass is 251 g/mol. The largest absolute Gasteiger partial charge is 0.378 e. The minimum atomic E-state index is 0.131. The van der Waals surface area contributed by atoms with Gasteiger partial charge in [0.15, 0.2) is 5.82 Å². The van der Waals surface area contributed by atoms with E-state index in [0.717, 1.165) is 37.9 Å². The summed E-state index contributed by atoms with van der Waals surface area (Å²) in [5, 5.41) is 16.0. The van der Waals surface area contributed by atoms with E-state index in [2.05, 4.69) is 27.7 Å². The van der Waals surface area contributed by atoms with E-state index in [1.54, 1.807) is 7.05 Å². The van der Waals surface area contributed by atoms with Gasteiger partial charge in [-0.1, -0.05) is 0 Å². The predicted octanol–water partition coefficient (Wildman–Crippen LogP) is 0.300. The fraction of sp³-hybridized carbons (Fsp3) is 0.917. The number of ether oxygens (including phenoxy) is 1. The Bertz CT molecular complexity index is 416. The molecule has 3 rings (SSSR count). The van der Waals surface area contributed by atoms with Crippen LogP contribution in [0, 0.1) is 5.41 Å². The number of aryl methyl sites for hydroxylation is 1. The van der Waals surface area contributed by atoms with E-state index in [1.807, 2.05) is 0 Å². The summed E-state index contributed by atoms with van der Waals surface area (Å²) in [6.07, 6.45) is 4.81. The Morgan fingerprint density at radius 1 is 1.50 bits per heavy atom. The van der Waals surface area contributed by atoms with E-state index in [-0.39, 0.29) is 11.5 Å². The van der Waals surface area contributed by atoms with Crippen molar-refractivity contribution in [3.8, 4) is 0 Å². The number of nitrogens with one attached hydrogen (secondary N) is 1. The molecule has 0 bridgehead atoms. The maximum Gasteiger partial charge on any atom is 0.175 e. The molecule has 2 aliphatic rings. The van der Waals surface area contributed by atoms with Crippen molar-refractivity contribution in [2.45, 2.75) is 44.8 Å². The van der Waals surface area contributed by atoms with Crippen molar-refractivity contribution in [3.05, 3.63) is 5.82 Å². The Kier molecular flexibility index (Phi) is 3.07. The van der Waals surface area contributed by atoms with Gasteiger partial charge >= 0.3 is 0 Å². The molecule has 0 radical (unpaired) electrons. The topological polar surface area (TPSA) is 64.9 Å². The third-order valence-electron chi connectivity index (χ3n) is 4.21. The fourth-order valence-electron chi connectivity index (χ4n) is 2.69. The third kappa shape index (κ3) is 2.40. The van der Waals surface area contributed by atoms with Crippen LogP contribution in [-0.4, -0.2) is 45.5 Å². The zero-order valence-electron chi connectivity index (χ0n) is 11.1. The maximum atomic E-state index is 5.78. The molecule has 1 saturated heterocycles. The first-order valence-corrected chi connectivity index (χ1v) is 6.76. The average Bonchev–Trinajstić information content (AvgIpc) is 3.00. The molecule has 18 heavy (non-hydrogen) atoms. The lowest BCUT2D eigenvalue weighted by Gasteiger charge is -2.31. The zero-order chi connectivity index (χ0) is 12.6. The van der Waals surface area contributed by atoms with Gasteiger partial charge in [-0.3, -0.25) is 0 Å². The first kappa shape index (κ1) is 12.0. The molecule has 2 fully saturated rings. The molecule has 1 aromatic rings. The van der Waals surface area contributed by atoms with Crippen LogP contribution in [0.2, 0.25) is 0 Å². The van der Waals surface area contributed by atoms with Crippen LogP contribution in [0.4, 0.5) is 0 Å². The van der Waals surface area contributed by atoms with Crippen molar-refractivity contribution >= 4 is 0 Å². The predicted molar refractivity (Wildman–Crippen MR) is 66.0 cm³/mol. The van der Waals surface area contributed by atoms with Crippen molar-refractivity contribution in [1.82, 2.24) is 25.5 Å². The molecule has 2 heterocycles. The molecule has 2 atom stereocenters. The van der Waals surface area contributed by atoms with Gasteiger partial charge < -0.3 is 10.1 Å². The summed E-state index contributed by atoms with van der Waals surface area (Å²) in [5.41, 5.74) is 0.131. The normalized spacial score (nSPS) is 32.0. The second-order valence-corrected chi connectivity index (χ2v) is 5.65. The fourth-order valence-corrected chi connectivity index (χ4v) is 2.69. The van der Waals surface area contributed by atoms with Crippen molar-refractivity contribution in [2.24, 2.45) is 12.5 Å². The molecule has 1 saturated carbocycles. The average molecular weight is 251 g/mol. The van der Waals surface area contributed by atoms with Crippen molar-refractivity contribution < 1.29 is 4.74 Å². The van der Waals surface area contributed by atoms with Gasteiger partial charge in [0.25, 0.3) is 0 Å². The molecule has 1 N–H and O–H groups in total. The van der Waals surface area contributed by atoms with Crippen LogP contribution in [0.3, 0.4) is 0 Å². The molecular weight excluding hydrogens is 230 g/mol. The summed E-state index contributed by atoms with van der Waals surface area (Å²) in [6.45, 7) is 4.00. The van der Waals surface area contributed by atoms with Crippen molar-refractivity contribution in [3.63, 3.8) is 0 Å². The highest BCUT2D eigenvalue weighted by atomic mass is 16.5. The molecule has 1 aliphatic carbocycles. The van der Waals surface area contributed by atoms with Gasteiger partial charge in [0, 0.05) is 31.0 Å². The second kappa shape index (κ2) is 4.59. The maximum absolute atomic E-state index is 5.78. The highest BCUT2D eigenvalue weighted by Crippen LogP contribution is 2.37. The van der Waals surface area contributed by atoms with E-state index < -0.39 is 0 Å². The molecule has 100 valence electrons. The number of rotatable bonds is 5. The molecule has 2 unspecified atom stereocenters. The summed E-state index contributed by atoms with van der Waals surface area (Å²) in [5.74, 6) is 0.826. The van der Waals surface area contributed by atoms with E-state index in [1.165, 1.54) is 17.6 Å². The zero-order valence-corrected chi connectivity index (χ0v) is 11.1. The quantitative estimate of drug-likeness (QED) is 0.815. The Balaban J connectivity index is 1.71. The summed E-state index contributed by atoms with van der Waals surface area (Å²) in [4.78, 5) is 1.53. The van der Waals surface area contributed by atoms with Crippen molar-refractivity contribution in [1.29, 1.82) is 0 Å². The van der Waals surface area contributed by atoms with Crippen LogP contribution in [0.1, 0.15) is 32.0 Å². The van der Waals surface area contributed by atoms with Gasteiger partial charge in [-0.15, -0.1) is 10.2 Å². The van der Waals surface area contributed by atoms with Crippen LogP contribution < -0.4 is 5.32 Å². The lowest BCUT2D eigenvalue weighted by Crippen LogP contribution is -2.42. The summed E-state index contributed by atoms with van der Waals surface area (Å²) < 4.78 is 5.78. The Labute approximate surface area is 107 Å². The first-order valence-electron chi connectivity index (χ1n) is 6.76. The molecule has 0 aromatic carbocycles. The number of hydrogen-bond donors (Lipinski definition) is 1. The van der Waals surface area contributed by atoms with Gasteiger partial charge in [-0.05, 0) is 31.4 Å². The summed E-state index contributed by atoms with van der Waals surface area (Å²) in [7, 11) is 1.81. The Hall–Kier alpha value is -1.01. The number of hydrogen-bond acceptors (Lipinski definition) is 5. The van der Waals surface area contributed by atoms with Crippen LogP contribution >= 0.6 is 0 Å². The molecule has 0 amide bonds. The van der Waals surface area contributed by atoms with Gasteiger partial charge in [0.05, 0.1) is 13.2 Å². The van der Waals surface area contributed by atoms with Gasteiger partial charge in [0.1, 0.15) is 0 Å². The smallest absolute Gasteiger partial charge is 0.175 e. The van der Waals surface area contributed by atoms with Crippen LogP contribution in [0.25, 0.3) is 0 Å². The van der Waals surface area contributed by atoms with E-state index >= 15 is 0 Å². The molecule has 1 aliphatic heterocycles. The minimum Gasteiger partial charge on any atom is -0.378 e. The van der Waals surface area contributed by atoms with E-state index in [4.69, 9.17) is 4.74 Å². The number of aromatic nitrogens is 4. The van der Waals surface area contributed by atoms with Crippen LogP contribution in [0.15, 0.2) is 0 Å². The third-order valence-corrected chi connectivity index (χ3v) is 4.21. The number of tetrazole rings is 1. The van der Waals surface area contributed by atoms with Gasteiger partial charge in [-0.25, -0.2) is 0 Å². The SMILES string of the molecule is CC1OCCC1(CNC1CC1)Cc1nnn(C)n1. The Morgan fingerprint density at radius 2 is 2.33 bits per heavy atom. The molecule has 6 heteroatoms. The van der Waals surface area contributed by atoms with Gasteiger partial charge in [0.2, 0.25) is 0 Å². The lowest BCUT2D eigenvalue weighted by molar-refractivity contribution is 0.0618.